The van der Waals surface area contributed by atoms with Crippen molar-refractivity contribution in [3.8, 4) is 11.1 Å². The molecule has 0 radical (unpaired) electrons. The second-order valence-electron chi connectivity index (χ2n) is 5.89. The first-order valence-electron chi connectivity index (χ1n) is 8.13. The zero-order chi connectivity index (χ0) is 19.7. The molecule has 0 aliphatic carbocycles. The van der Waals surface area contributed by atoms with Crippen LogP contribution in [0.3, 0.4) is 0 Å². The number of aromatic nitrogens is 3. The third-order valence-electron chi connectivity index (χ3n) is 4.18. The number of benzene rings is 1. The van der Waals surface area contributed by atoms with Crippen molar-refractivity contribution in [2.24, 2.45) is 0 Å². The SMILES string of the molecule is [C-]#[N+]c1[nH]c(=O)c(-c2ccc(F)c(Cl)c2)cc1Nc1ccnc2ccncc12. The fraction of sp³-hybridized carbons (Fsp3) is 0. The van der Waals surface area contributed by atoms with Gasteiger partial charge in [0, 0.05) is 24.0 Å². The fourth-order valence-electron chi connectivity index (χ4n) is 2.83. The molecule has 0 aliphatic rings. The van der Waals surface area contributed by atoms with Crippen LogP contribution in [0.25, 0.3) is 26.9 Å². The first kappa shape index (κ1) is 17.6. The molecule has 4 rings (SSSR count). The van der Waals surface area contributed by atoms with E-state index in [0.717, 1.165) is 10.9 Å². The predicted octanol–water partition coefficient (Wildman–Crippen LogP) is 5.07. The van der Waals surface area contributed by atoms with Crippen LogP contribution in [0.4, 0.5) is 21.6 Å². The number of halogens is 2. The van der Waals surface area contributed by atoms with Gasteiger partial charge >= 0.3 is 5.56 Å². The largest absolute Gasteiger partial charge is 0.363 e. The molecule has 0 spiro atoms. The molecular weight excluding hydrogens is 381 g/mol. The number of H-pyrrole nitrogens is 1. The van der Waals surface area contributed by atoms with E-state index in [1.54, 1.807) is 36.8 Å². The van der Waals surface area contributed by atoms with Crippen LogP contribution < -0.4 is 10.9 Å². The minimum Gasteiger partial charge on any atom is -0.363 e. The Labute approximate surface area is 163 Å². The summed E-state index contributed by atoms with van der Waals surface area (Å²) in [6.07, 6.45) is 4.93. The lowest BCUT2D eigenvalue weighted by Crippen LogP contribution is -2.10. The summed E-state index contributed by atoms with van der Waals surface area (Å²) in [5.74, 6) is -0.524. The summed E-state index contributed by atoms with van der Waals surface area (Å²) >= 11 is 5.84. The van der Waals surface area contributed by atoms with Gasteiger partial charge in [-0.1, -0.05) is 24.2 Å². The van der Waals surface area contributed by atoms with E-state index in [4.69, 9.17) is 18.2 Å². The maximum atomic E-state index is 13.5. The van der Waals surface area contributed by atoms with Gasteiger partial charge in [0.1, 0.15) is 5.82 Å². The normalized spacial score (nSPS) is 10.6. The summed E-state index contributed by atoms with van der Waals surface area (Å²) in [6, 6.07) is 9.08. The average Bonchev–Trinajstić information content (AvgIpc) is 2.71. The molecular formula is C20H11ClFN5O. The van der Waals surface area contributed by atoms with Gasteiger partial charge in [-0.2, -0.15) is 0 Å². The number of nitrogens with zero attached hydrogens (tertiary/aromatic N) is 3. The molecule has 0 unspecified atom stereocenters. The zero-order valence-electron chi connectivity index (χ0n) is 14.2. The molecule has 0 fully saturated rings. The van der Waals surface area contributed by atoms with E-state index in [1.807, 2.05) is 0 Å². The molecule has 0 saturated heterocycles. The quantitative estimate of drug-likeness (QED) is 0.478. The van der Waals surface area contributed by atoms with Crippen LogP contribution in [-0.4, -0.2) is 15.0 Å². The van der Waals surface area contributed by atoms with Crippen molar-refractivity contribution in [3.05, 3.63) is 87.6 Å². The molecule has 0 bridgehead atoms. The Morgan fingerprint density at radius 2 is 2.00 bits per heavy atom. The molecule has 4 aromatic rings. The second-order valence-corrected chi connectivity index (χ2v) is 6.30. The molecule has 0 aliphatic heterocycles. The Bertz CT molecular complexity index is 1310. The summed E-state index contributed by atoms with van der Waals surface area (Å²) < 4.78 is 13.5. The van der Waals surface area contributed by atoms with E-state index < -0.39 is 11.4 Å². The van der Waals surface area contributed by atoms with Gasteiger partial charge in [-0.3, -0.25) is 15.0 Å². The number of hydrogen-bond donors (Lipinski definition) is 2. The summed E-state index contributed by atoms with van der Waals surface area (Å²) in [4.78, 5) is 26.8. The van der Waals surface area contributed by atoms with E-state index in [1.165, 1.54) is 18.2 Å². The van der Waals surface area contributed by atoms with Crippen LogP contribution in [0.5, 0.6) is 0 Å². The first-order chi connectivity index (χ1) is 13.6. The van der Waals surface area contributed by atoms with Crippen molar-refractivity contribution in [3.63, 3.8) is 0 Å². The van der Waals surface area contributed by atoms with E-state index in [-0.39, 0.29) is 16.4 Å². The smallest absolute Gasteiger partial charge is 0.324 e. The molecule has 1 aromatic carbocycles. The molecule has 3 aromatic heterocycles. The first-order valence-corrected chi connectivity index (χ1v) is 8.50. The Kier molecular flexibility index (Phi) is 4.47. The number of aromatic amines is 1. The van der Waals surface area contributed by atoms with Crippen LogP contribution in [0.15, 0.2) is 59.8 Å². The van der Waals surface area contributed by atoms with Crippen LogP contribution in [0, 0.1) is 12.4 Å². The van der Waals surface area contributed by atoms with Crippen LogP contribution in [0.1, 0.15) is 0 Å². The fourth-order valence-corrected chi connectivity index (χ4v) is 3.01. The third-order valence-corrected chi connectivity index (χ3v) is 4.46. The second kappa shape index (κ2) is 7.10. The third kappa shape index (κ3) is 3.17. The minimum atomic E-state index is -0.575. The highest BCUT2D eigenvalue weighted by molar-refractivity contribution is 6.31. The summed E-state index contributed by atoms with van der Waals surface area (Å²) in [5, 5.41) is 3.83. The molecule has 2 N–H and O–H groups in total. The Morgan fingerprint density at radius 3 is 2.79 bits per heavy atom. The maximum absolute atomic E-state index is 13.5. The van der Waals surface area contributed by atoms with Gasteiger partial charge in [0.05, 0.1) is 27.5 Å². The Morgan fingerprint density at radius 1 is 1.14 bits per heavy atom. The standard InChI is InChI=1S/C20H11ClFN5O/c1-23-19-18(26-17-5-7-25-16-4-6-24-10-13(16)17)9-12(20(28)27-19)11-2-3-15(22)14(21)8-11/h2-10H,(H,25,26)(H,27,28). The predicted molar refractivity (Wildman–Crippen MR) is 107 cm³/mol. The van der Waals surface area contributed by atoms with Crippen molar-refractivity contribution < 1.29 is 4.39 Å². The highest BCUT2D eigenvalue weighted by atomic mass is 35.5. The summed E-state index contributed by atoms with van der Waals surface area (Å²) in [5.41, 5.74) is 2.03. The summed E-state index contributed by atoms with van der Waals surface area (Å²) in [6.45, 7) is 7.37. The number of hydrogen-bond acceptors (Lipinski definition) is 4. The van der Waals surface area contributed by atoms with Gasteiger partial charge in [-0.25, -0.2) is 9.18 Å². The summed E-state index contributed by atoms with van der Waals surface area (Å²) in [7, 11) is 0. The van der Waals surface area contributed by atoms with E-state index in [0.29, 0.717) is 16.9 Å². The van der Waals surface area contributed by atoms with Gasteiger partial charge in [0.25, 0.3) is 5.82 Å². The van der Waals surface area contributed by atoms with Crippen molar-refractivity contribution in [1.82, 2.24) is 15.0 Å². The lowest BCUT2D eigenvalue weighted by atomic mass is 10.1. The van der Waals surface area contributed by atoms with Gasteiger partial charge < -0.3 is 10.2 Å². The van der Waals surface area contributed by atoms with Gasteiger partial charge in [-0.05, 0) is 35.9 Å². The lowest BCUT2D eigenvalue weighted by molar-refractivity contribution is 0.628. The number of fused-ring (bicyclic) bond motifs is 1. The molecule has 136 valence electrons. The Balaban J connectivity index is 1.85. The molecule has 6 nitrogen and oxygen atoms in total. The minimum absolute atomic E-state index is 0.0517. The highest BCUT2D eigenvalue weighted by Crippen LogP contribution is 2.32. The van der Waals surface area contributed by atoms with Crippen molar-refractivity contribution in [1.29, 1.82) is 0 Å². The lowest BCUT2D eigenvalue weighted by Gasteiger charge is -2.12. The highest BCUT2D eigenvalue weighted by Gasteiger charge is 2.14. The van der Waals surface area contributed by atoms with Crippen molar-refractivity contribution in [2.75, 3.05) is 5.32 Å². The monoisotopic (exact) mass is 391 g/mol. The molecule has 28 heavy (non-hydrogen) atoms. The van der Waals surface area contributed by atoms with E-state index >= 15 is 0 Å². The number of nitrogens with one attached hydrogen (secondary N) is 2. The number of anilines is 2. The molecule has 0 atom stereocenters. The van der Waals surface area contributed by atoms with E-state index in [2.05, 4.69) is 25.1 Å². The molecule has 0 amide bonds. The van der Waals surface area contributed by atoms with Gasteiger partial charge in [0.15, 0.2) is 0 Å². The van der Waals surface area contributed by atoms with Crippen LogP contribution >= 0.6 is 11.6 Å². The van der Waals surface area contributed by atoms with Crippen LogP contribution in [0.2, 0.25) is 5.02 Å². The zero-order valence-corrected chi connectivity index (χ0v) is 15.0. The maximum Gasteiger partial charge on any atom is 0.324 e. The van der Waals surface area contributed by atoms with Crippen molar-refractivity contribution >= 4 is 39.7 Å². The number of rotatable bonds is 3. The Hall–Kier alpha value is -3.76. The topological polar surface area (TPSA) is 75.0 Å². The van der Waals surface area contributed by atoms with Gasteiger partial charge in [0.2, 0.25) is 0 Å². The van der Waals surface area contributed by atoms with E-state index in [9.17, 15) is 9.18 Å². The van der Waals surface area contributed by atoms with Crippen LogP contribution in [-0.2, 0) is 0 Å². The molecule has 0 saturated carbocycles. The van der Waals surface area contributed by atoms with Crippen molar-refractivity contribution in [2.45, 2.75) is 0 Å². The number of pyridine rings is 3. The average molecular weight is 392 g/mol. The van der Waals surface area contributed by atoms with Gasteiger partial charge in [-0.15, -0.1) is 0 Å². The molecule has 3 heterocycles. The molecule has 8 heteroatoms.